The van der Waals surface area contributed by atoms with E-state index in [0.717, 1.165) is 6.07 Å². The maximum atomic E-state index is 12.0. The number of morpholine rings is 1. The minimum atomic E-state index is -0.631. The summed E-state index contributed by atoms with van der Waals surface area (Å²) in [6, 6.07) is 1.13. The summed E-state index contributed by atoms with van der Waals surface area (Å²) >= 11 is 0. The fourth-order valence-corrected chi connectivity index (χ4v) is 2.10. The zero-order valence-corrected chi connectivity index (χ0v) is 11.5. The second-order valence-corrected chi connectivity index (χ2v) is 4.48. The first kappa shape index (κ1) is 13.6. The van der Waals surface area contributed by atoms with Crippen molar-refractivity contribution in [3.8, 4) is 0 Å². The van der Waals surface area contributed by atoms with Gasteiger partial charge < -0.3 is 14.4 Å². The summed E-state index contributed by atoms with van der Waals surface area (Å²) in [5.74, 6) is 0.0453. The van der Waals surface area contributed by atoms with Gasteiger partial charge in [-0.1, -0.05) is 0 Å². The molecule has 0 aliphatic carbocycles. The van der Waals surface area contributed by atoms with E-state index in [-0.39, 0.29) is 18.1 Å². The fraction of sp³-hybridized carbons (Fsp3) is 0.500. The van der Waals surface area contributed by atoms with E-state index in [4.69, 9.17) is 9.47 Å². The molecule has 9 heteroatoms. The summed E-state index contributed by atoms with van der Waals surface area (Å²) in [5, 5.41) is 2.88. The van der Waals surface area contributed by atoms with Gasteiger partial charge in [0.25, 0.3) is 11.3 Å². The molecule has 1 N–H and O–H groups in total. The Hall–Kier alpha value is -2.42. The first-order valence-electron chi connectivity index (χ1n) is 6.68. The van der Waals surface area contributed by atoms with Crippen molar-refractivity contribution in [2.45, 2.75) is 6.92 Å². The van der Waals surface area contributed by atoms with Crippen LogP contribution in [0.5, 0.6) is 0 Å². The van der Waals surface area contributed by atoms with Gasteiger partial charge in [0, 0.05) is 19.2 Å². The third-order valence-electron chi connectivity index (χ3n) is 3.11. The molecule has 112 valence electrons. The lowest BCUT2D eigenvalue weighted by molar-refractivity contribution is 0.0519. The van der Waals surface area contributed by atoms with Crippen molar-refractivity contribution in [3.63, 3.8) is 0 Å². The van der Waals surface area contributed by atoms with Crippen LogP contribution < -0.4 is 10.5 Å². The van der Waals surface area contributed by atoms with Crippen LogP contribution in [0.4, 0.5) is 5.95 Å². The summed E-state index contributed by atoms with van der Waals surface area (Å²) in [7, 11) is 0. The maximum Gasteiger partial charge on any atom is 0.357 e. The molecule has 0 aromatic carbocycles. The van der Waals surface area contributed by atoms with Crippen molar-refractivity contribution in [1.29, 1.82) is 0 Å². The Morgan fingerprint density at radius 3 is 2.90 bits per heavy atom. The minimum Gasteiger partial charge on any atom is -0.461 e. The van der Waals surface area contributed by atoms with Gasteiger partial charge in [0.2, 0.25) is 5.95 Å². The van der Waals surface area contributed by atoms with E-state index in [1.807, 2.05) is 4.90 Å². The van der Waals surface area contributed by atoms with E-state index in [1.54, 1.807) is 6.92 Å². The maximum absolute atomic E-state index is 12.0. The number of rotatable bonds is 3. The Labute approximate surface area is 119 Å². The van der Waals surface area contributed by atoms with Crippen LogP contribution in [0.2, 0.25) is 0 Å². The number of aromatic amines is 1. The minimum absolute atomic E-state index is 0.0399. The number of H-pyrrole nitrogens is 1. The number of carbonyl (C=O) groups is 1. The highest BCUT2D eigenvalue weighted by molar-refractivity contribution is 5.87. The number of nitrogens with zero attached hydrogens (tertiary/aromatic N) is 4. The monoisotopic (exact) mass is 293 g/mol. The highest BCUT2D eigenvalue weighted by Gasteiger charge is 2.18. The van der Waals surface area contributed by atoms with Crippen molar-refractivity contribution in [2.24, 2.45) is 0 Å². The number of ether oxygens (including phenoxy) is 2. The molecule has 0 saturated carbocycles. The van der Waals surface area contributed by atoms with E-state index >= 15 is 0 Å². The number of carbonyl (C=O) groups excluding carboxylic acids is 1. The Bertz CT molecular complexity index is 716. The fourth-order valence-electron chi connectivity index (χ4n) is 2.10. The van der Waals surface area contributed by atoms with Gasteiger partial charge in [-0.15, -0.1) is 0 Å². The lowest BCUT2D eigenvalue weighted by Crippen LogP contribution is -2.37. The Morgan fingerprint density at radius 2 is 2.19 bits per heavy atom. The molecule has 0 bridgehead atoms. The molecule has 0 amide bonds. The summed E-state index contributed by atoms with van der Waals surface area (Å²) in [6.07, 6.45) is 0. The summed E-state index contributed by atoms with van der Waals surface area (Å²) in [4.78, 5) is 33.9. The quantitative estimate of drug-likeness (QED) is 0.756. The molecule has 1 saturated heterocycles. The van der Waals surface area contributed by atoms with Crippen LogP contribution >= 0.6 is 0 Å². The standard InChI is InChI=1S/C12H15N5O4/c1-2-21-10(19)8-7-9(18)17-11(13-8)14-12(15-17)16-3-5-20-6-4-16/h7H,2-6H2,1H3,(H,13,14,15). The molecule has 2 aromatic heterocycles. The van der Waals surface area contributed by atoms with Gasteiger partial charge in [-0.3, -0.25) is 9.89 Å². The summed E-state index contributed by atoms with van der Waals surface area (Å²) in [5.41, 5.74) is -0.447. The number of nitrogens with one attached hydrogen (secondary N) is 1. The zero-order valence-electron chi connectivity index (χ0n) is 11.5. The summed E-state index contributed by atoms with van der Waals surface area (Å²) in [6.45, 7) is 4.48. The number of aromatic nitrogens is 4. The molecule has 0 unspecified atom stereocenters. The molecule has 1 aliphatic heterocycles. The Kier molecular flexibility index (Phi) is 3.57. The van der Waals surface area contributed by atoms with Gasteiger partial charge in [-0.25, -0.2) is 9.78 Å². The second kappa shape index (κ2) is 5.52. The average Bonchev–Trinajstić information content (AvgIpc) is 2.93. The molecule has 21 heavy (non-hydrogen) atoms. The van der Waals surface area contributed by atoms with Crippen molar-refractivity contribution >= 4 is 17.7 Å². The van der Waals surface area contributed by atoms with Crippen molar-refractivity contribution < 1.29 is 14.3 Å². The van der Waals surface area contributed by atoms with E-state index in [1.165, 1.54) is 4.52 Å². The molecule has 3 heterocycles. The first-order chi connectivity index (χ1) is 10.2. The van der Waals surface area contributed by atoms with Gasteiger partial charge >= 0.3 is 5.97 Å². The van der Waals surface area contributed by atoms with E-state index in [0.29, 0.717) is 32.3 Å². The molecule has 0 radical (unpaired) electrons. The average molecular weight is 293 g/mol. The molecule has 1 aliphatic rings. The number of esters is 1. The van der Waals surface area contributed by atoms with Gasteiger partial charge in [-0.2, -0.15) is 9.50 Å². The molecule has 1 fully saturated rings. The van der Waals surface area contributed by atoms with Gasteiger partial charge in [0.05, 0.1) is 19.8 Å². The van der Waals surface area contributed by atoms with E-state index in [9.17, 15) is 9.59 Å². The smallest absolute Gasteiger partial charge is 0.357 e. The number of hydrogen-bond donors (Lipinski definition) is 1. The van der Waals surface area contributed by atoms with Gasteiger partial charge in [0.1, 0.15) is 0 Å². The Balaban J connectivity index is 1.98. The lowest BCUT2D eigenvalue weighted by atomic mass is 10.4. The third-order valence-corrected chi connectivity index (χ3v) is 3.11. The van der Waals surface area contributed by atoms with Crippen molar-refractivity contribution in [3.05, 3.63) is 22.1 Å². The predicted octanol–water partition coefficient (Wildman–Crippen LogP) is -0.569. The van der Waals surface area contributed by atoms with Crippen LogP contribution in [0.1, 0.15) is 17.4 Å². The number of hydrogen-bond acceptors (Lipinski definition) is 7. The molecule has 0 atom stereocenters. The molecule has 3 rings (SSSR count). The molecule has 2 aromatic rings. The predicted molar refractivity (Wildman–Crippen MR) is 72.6 cm³/mol. The van der Waals surface area contributed by atoms with E-state index < -0.39 is 11.5 Å². The van der Waals surface area contributed by atoms with Gasteiger partial charge in [0.15, 0.2) is 5.69 Å². The third kappa shape index (κ3) is 2.59. The molecule has 0 spiro atoms. The topological polar surface area (TPSA) is 102 Å². The molecule has 9 nitrogen and oxygen atoms in total. The van der Waals surface area contributed by atoms with Crippen LogP contribution in [0, 0.1) is 0 Å². The van der Waals surface area contributed by atoms with Crippen LogP contribution in [0.15, 0.2) is 10.9 Å². The largest absolute Gasteiger partial charge is 0.461 e. The zero-order chi connectivity index (χ0) is 14.8. The van der Waals surface area contributed by atoms with Crippen molar-refractivity contribution in [1.82, 2.24) is 19.6 Å². The number of fused-ring (bicyclic) bond motifs is 1. The highest BCUT2D eigenvalue weighted by atomic mass is 16.5. The lowest BCUT2D eigenvalue weighted by Gasteiger charge is -2.25. The van der Waals surface area contributed by atoms with Crippen LogP contribution in [0.25, 0.3) is 5.78 Å². The number of anilines is 1. The Morgan fingerprint density at radius 1 is 1.43 bits per heavy atom. The first-order valence-corrected chi connectivity index (χ1v) is 6.68. The molecular formula is C12H15N5O4. The van der Waals surface area contributed by atoms with Crippen LogP contribution in [0.3, 0.4) is 0 Å². The summed E-state index contributed by atoms with van der Waals surface area (Å²) < 4.78 is 11.3. The SMILES string of the molecule is CCOC(=O)c1cc(=O)n2[nH]c(N3CCOCC3)nc2n1. The molecular weight excluding hydrogens is 278 g/mol. The van der Waals surface area contributed by atoms with Crippen LogP contribution in [-0.4, -0.2) is 58.5 Å². The second-order valence-electron chi connectivity index (χ2n) is 4.48. The van der Waals surface area contributed by atoms with Crippen molar-refractivity contribution in [2.75, 3.05) is 37.8 Å². The van der Waals surface area contributed by atoms with E-state index in [2.05, 4.69) is 15.1 Å². The van der Waals surface area contributed by atoms with Gasteiger partial charge in [-0.05, 0) is 6.92 Å². The normalized spacial score (nSPS) is 15.4. The highest BCUT2D eigenvalue weighted by Crippen LogP contribution is 2.10. The van der Waals surface area contributed by atoms with Crippen LogP contribution in [-0.2, 0) is 9.47 Å².